The lowest BCUT2D eigenvalue weighted by Crippen LogP contribution is -2.26. The lowest BCUT2D eigenvalue weighted by atomic mass is 10.2. The van der Waals surface area contributed by atoms with Gasteiger partial charge in [0.15, 0.2) is 0 Å². The fourth-order valence-corrected chi connectivity index (χ4v) is 3.11. The molecule has 1 fully saturated rings. The van der Waals surface area contributed by atoms with Gasteiger partial charge in [0.05, 0.1) is 5.69 Å². The fourth-order valence-electron chi connectivity index (χ4n) is 2.93. The first kappa shape index (κ1) is 11.3. The predicted octanol–water partition coefficient (Wildman–Crippen LogP) is 3.00. The summed E-state index contributed by atoms with van der Waals surface area (Å²) in [5.41, 5.74) is 2.54. The van der Waals surface area contributed by atoms with Crippen LogP contribution in [-0.4, -0.2) is 23.1 Å². The number of hydrogen-bond donors (Lipinski definition) is 0. The summed E-state index contributed by atoms with van der Waals surface area (Å²) in [7, 11) is 0. The molecule has 17 heavy (non-hydrogen) atoms. The summed E-state index contributed by atoms with van der Waals surface area (Å²) in [6.45, 7) is 2.25. The number of anilines is 1. The molecule has 0 bridgehead atoms. The van der Waals surface area contributed by atoms with Crippen LogP contribution in [0.3, 0.4) is 0 Å². The van der Waals surface area contributed by atoms with Crippen molar-refractivity contribution in [3.63, 3.8) is 0 Å². The van der Waals surface area contributed by atoms with Crippen molar-refractivity contribution in [1.82, 2.24) is 9.97 Å². The van der Waals surface area contributed by atoms with Gasteiger partial charge in [0, 0.05) is 18.7 Å². The molecule has 0 aromatic carbocycles. The maximum Gasteiger partial charge on any atom is 0.224 e. The molecule has 0 saturated carbocycles. The second-order valence-corrected chi connectivity index (χ2v) is 5.33. The summed E-state index contributed by atoms with van der Waals surface area (Å²) >= 11 is 6.04. The maximum atomic E-state index is 6.04. The van der Waals surface area contributed by atoms with E-state index in [9.17, 15) is 0 Å². The Morgan fingerprint density at radius 2 is 1.65 bits per heavy atom. The smallest absolute Gasteiger partial charge is 0.224 e. The van der Waals surface area contributed by atoms with Crippen molar-refractivity contribution in [2.24, 2.45) is 0 Å². The lowest BCUT2D eigenvalue weighted by Gasteiger charge is -2.23. The average molecular weight is 252 g/mol. The third kappa shape index (κ3) is 2.25. The molecule has 92 valence electrons. The molecule has 1 aromatic rings. The second-order valence-electron chi connectivity index (χ2n) is 5.00. The molecular weight excluding hydrogens is 234 g/mol. The monoisotopic (exact) mass is 251 g/mol. The van der Waals surface area contributed by atoms with Gasteiger partial charge in [-0.15, -0.1) is 0 Å². The lowest BCUT2D eigenvalue weighted by molar-refractivity contribution is 0.726. The molecule has 1 aliphatic heterocycles. The Bertz CT molecular complexity index is 411. The maximum absolute atomic E-state index is 6.04. The molecule has 2 heterocycles. The molecule has 4 heteroatoms. The van der Waals surface area contributed by atoms with Gasteiger partial charge in [0.2, 0.25) is 5.28 Å². The van der Waals surface area contributed by atoms with Crippen molar-refractivity contribution in [3.8, 4) is 0 Å². The van der Waals surface area contributed by atoms with Gasteiger partial charge in [-0.3, -0.25) is 0 Å². The van der Waals surface area contributed by atoms with Crippen LogP contribution in [0.2, 0.25) is 5.28 Å². The molecule has 1 saturated heterocycles. The van der Waals surface area contributed by atoms with Crippen LogP contribution in [-0.2, 0) is 12.8 Å². The minimum atomic E-state index is 0.421. The highest BCUT2D eigenvalue weighted by atomic mass is 35.5. The highest BCUT2D eigenvalue weighted by Gasteiger charge is 2.23. The third-order valence-electron chi connectivity index (χ3n) is 3.79. The van der Waals surface area contributed by atoms with Gasteiger partial charge in [-0.2, -0.15) is 0 Å². The number of nitrogens with zero attached hydrogens (tertiary/aromatic N) is 3. The van der Waals surface area contributed by atoms with Gasteiger partial charge in [-0.1, -0.05) is 12.8 Å². The van der Waals surface area contributed by atoms with Gasteiger partial charge in [0.25, 0.3) is 0 Å². The molecule has 0 unspecified atom stereocenters. The van der Waals surface area contributed by atoms with Crippen LogP contribution in [0.25, 0.3) is 0 Å². The number of aromatic nitrogens is 2. The van der Waals surface area contributed by atoms with Gasteiger partial charge in [0.1, 0.15) is 5.82 Å². The van der Waals surface area contributed by atoms with E-state index in [0.717, 1.165) is 31.7 Å². The van der Waals surface area contributed by atoms with Crippen LogP contribution in [0.4, 0.5) is 5.82 Å². The summed E-state index contributed by atoms with van der Waals surface area (Å²) in [5, 5.41) is 0.421. The number of halogens is 1. The SMILES string of the molecule is Clc1nc2c(c(N3CCCCCC3)n1)CCC2. The van der Waals surface area contributed by atoms with Crippen molar-refractivity contribution >= 4 is 17.4 Å². The van der Waals surface area contributed by atoms with E-state index >= 15 is 0 Å². The van der Waals surface area contributed by atoms with Crippen molar-refractivity contribution in [2.75, 3.05) is 18.0 Å². The number of fused-ring (bicyclic) bond motifs is 1. The Morgan fingerprint density at radius 3 is 2.41 bits per heavy atom. The average Bonchev–Trinajstić information content (AvgIpc) is 2.62. The first-order chi connectivity index (χ1) is 8.34. The van der Waals surface area contributed by atoms with Gasteiger partial charge < -0.3 is 4.90 Å². The zero-order chi connectivity index (χ0) is 11.7. The molecule has 3 rings (SSSR count). The van der Waals surface area contributed by atoms with Crippen molar-refractivity contribution < 1.29 is 0 Å². The van der Waals surface area contributed by atoms with E-state index in [1.54, 1.807) is 0 Å². The summed E-state index contributed by atoms with van der Waals surface area (Å²) in [6.07, 6.45) is 8.63. The minimum absolute atomic E-state index is 0.421. The Morgan fingerprint density at radius 1 is 0.882 bits per heavy atom. The Labute approximate surface area is 107 Å². The number of rotatable bonds is 1. The van der Waals surface area contributed by atoms with E-state index in [0.29, 0.717) is 5.28 Å². The summed E-state index contributed by atoms with van der Waals surface area (Å²) in [4.78, 5) is 11.3. The predicted molar refractivity (Wildman–Crippen MR) is 69.7 cm³/mol. The van der Waals surface area contributed by atoms with Gasteiger partial charge in [-0.25, -0.2) is 9.97 Å². The van der Waals surface area contributed by atoms with E-state index in [4.69, 9.17) is 11.6 Å². The van der Waals surface area contributed by atoms with Crippen molar-refractivity contribution in [1.29, 1.82) is 0 Å². The summed E-state index contributed by atoms with van der Waals surface area (Å²) < 4.78 is 0. The molecule has 3 nitrogen and oxygen atoms in total. The zero-order valence-electron chi connectivity index (χ0n) is 10.1. The topological polar surface area (TPSA) is 29.0 Å². The molecule has 1 aromatic heterocycles. The van der Waals surface area contributed by atoms with Gasteiger partial charge >= 0.3 is 0 Å². The Hall–Kier alpha value is -0.830. The van der Waals surface area contributed by atoms with Crippen LogP contribution in [0.1, 0.15) is 43.4 Å². The number of aryl methyl sites for hydroxylation is 1. The highest BCUT2D eigenvalue weighted by Crippen LogP contribution is 2.31. The summed E-state index contributed by atoms with van der Waals surface area (Å²) in [6, 6.07) is 0. The normalized spacial score (nSPS) is 20.2. The van der Waals surface area contributed by atoms with E-state index < -0.39 is 0 Å². The highest BCUT2D eigenvalue weighted by molar-refractivity contribution is 6.28. The quantitative estimate of drug-likeness (QED) is 0.719. The molecule has 0 atom stereocenters. The molecule has 0 amide bonds. The Kier molecular flexibility index (Phi) is 3.19. The molecule has 0 radical (unpaired) electrons. The first-order valence-electron chi connectivity index (χ1n) is 6.65. The van der Waals surface area contributed by atoms with Crippen LogP contribution >= 0.6 is 11.6 Å². The molecule has 1 aliphatic carbocycles. The fraction of sp³-hybridized carbons (Fsp3) is 0.692. The van der Waals surface area contributed by atoms with Crippen LogP contribution < -0.4 is 4.90 Å². The van der Waals surface area contributed by atoms with Crippen LogP contribution in [0, 0.1) is 0 Å². The Balaban J connectivity index is 1.95. The second kappa shape index (κ2) is 4.81. The largest absolute Gasteiger partial charge is 0.356 e. The first-order valence-corrected chi connectivity index (χ1v) is 7.02. The molecule has 0 spiro atoms. The van der Waals surface area contributed by atoms with Crippen LogP contribution in [0.5, 0.6) is 0 Å². The van der Waals surface area contributed by atoms with Crippen molar-refractivity contribution in [3.05, 3.63) is 16.5 Å². The van der Waals surface area contributed by atoms with E-state index in [1.165, 1.54) is 43.4 Å². The van der Waals surface area contributed by atoms with Crippen molar-refractivity contribution in [2.45, 2.75) is 44.9 Å². The van der Waals surface area contributed by atoms with E-state index in [2.05, 4.69) is 14.9 Å². The standard InChI is InChI=1S/C13H18ClN3/c14-13-15-11-7-5-6-10(11)12(16-13)17-8-3-1-2-4-9-17/h1-9H2. The van der Waals surface area contributed by atoms with E-state index in [1.807, 2.05) is 0 Å². The zero-order valence-corrected chi connectivity index (χ0v) is 10.8. The number of hydrogen-bond acceptors (Lipinski definition) is 3. The minimum Gasteiger partial charge on any atom is -0.356 e. The molecular formula is C13H18ClN3. The third-order valence-corrected chi connectivity index (χ3v) is 3.96. The molecule has 0 N–H and O–H groups in total. The molecule has 2 aliphatic rings. The van der Waals surface area contributed by atoms with E-state index in [-0.39, 0.29) is 0 Å². The van der Waals surface area contributed by atoms with Gasteiger partial charge in [-0.05, 0) is 43.7 Å². The summed E-state index contributed by atoms with van der Waals surface area (Å²) in [5.74, 6) is 1.12. The van der Waals surface area contributed by atoms with Crippen LogP contribution in [0.15, 0.2) is 0 Å².